The van der Waals surface area contributed by atoms with Gasteiger partial charge in [-0.05, 0) is 25.3 Å². The first-order valence-corrected chi connectivity index (χ1v) is 5.91. The van der Waals surface area contributed by atoms with Gasteiger partial charge in [-0.1, -0.05) is 13.8 Å². The molecule has 0 radical (unpaired) electrons. The first-order valence-electron chi connectivity index (χ1n) is 5.91. The number of anilines is 1. The number of amides is 1. The second kappa shape index (κ2) is 6.09. The van der Waals surface area contributed by atoms with E-state index in [9.17, 15) is 14.9 Å². The Morgan fingerprint density at radius 2 is 2.11 bits per heavy atom. The van der Waals surface area contributed by atoms with Crippen molar-refractivity contribution in [3.63, 3.8) is 0 Å². The Kier molecular flexibility index (Phi) is 4.76. The van der Waals surface area contributed by atoms with E-state index in [2.05, 4.69) is 10.3 Å². The van der Waals surface area contributed by atoms with Crippen LogP contribution in [0.2, 0.25) is 0 Å². The van der Waals surface area contributed by atoms with Gasteiger partial charge >= 0.3 is 0 Å². The number of nitrogens with one attached hydrogen (secondary N) is 1. The molecular weight excluding hydrogens is 234 g/mol. The standard InChI is InChI=1S/C12H17N3O3/c1-4-9(5-2)12(16)14-11-8(3)6-10(7-13-11)15(17)18/h6-7,9H,4-5H2,1-3H3,(H,13,14,16). The Morgan fingerprint density at radius 1 is 1.50 bits per heavy atom. The molecule has 18 heavy (non-hydrogen) atoms. The molecule has 0 bridgehead atoms. The van der Waals surface area contributed by atoms with Crippen molar-refractivity contribution >= 4 is 17.4 Å². The average Bonchev–Trinajstić information content (AvgIpc) is 2.33. The molecule has 1 aromatic heterocycles. The summed E-state index contributed by atoms with van der Waals surface area (Å²) >= 11 is 0. The third-order valence-corrected chi connectivity index (χ3v) is 2.87. The number of aromatic nitrogens is 1. The van der Waals surface area contributed by atoms with E-state index in [0.29, 0.717) is 11.4 Å². The maximum absolute atomic E-state index is 11.9. The average molecular weight is 251 g/mol. The summed E-state index contributed by atoms with van der Waals surface area (Å²) < 4.78 is 0. The minimum atomic E-state index is -0.507. The maximum atomic E-state index is 11.9. The Labute approximate surface area is 106 Å². The van der Waals surface area contributed by atoms with Crippen LogP contribution in [0, 0.1) is 23.0 Å². The predicted octanol–water partition coefficient (Wildman–Crippen LogP) is 2.67. The molecule has 1 heterocycles. The zero-order chi connectivity index (χ0) is 13.7. The fraction of sp³-hybridized carbons (Fsp3) is 0.500. The highest BCUT2D eigenvalue weighted by atomic mass is 16.6. The summed E-state index contributed by atoms with van der Waals surface area (Å²) in [4.78, 5) is 25.8. The van der Waals surface area contributed by atoms with E-state index in [1.807, 2.05) is 13.8 Å². The molecule has 6 nitrogen and oxygen atoms in total. The van der Waals surface area contributed by atoms with Gasteiger partial charge in [0.1, 0.15) is 12.0 Å². The second-order valence-corrected chi connectivity index (χ2v) is 4.12. The van der Waals surface area contributed by atoms with Gasteiger partial charge in [-0.15, -0.1) is 0 Å². The summed E-state index contributed by atoms with van der Waals surface area (Å²) in [7, 11) is 0. The van der Waals surface area contributed by atoms with Crippen molar-refractivity contribution in [2.75, 3.05) is 5.32 Å². The van der Waals surface area contributed by atoms with Crippen LogP contribution in [0.15, 0.2) is 12.3 Å². The van der Waals surface area contributed by atoms with Gasteiger partial charge in [0.05, 0.1) is 4.92 Å². The highest BCUT2D eigenvalue weighted by Crippen LogP contribution is 2.19. The van der Waals surface area contributed by atoms with Crippen LogP contribution < -0.4 is 5.32 Å². The van der Waals surface area contributed by atoms with Crippen molar-refractivity contribution in [2.24, 2.45) is 5.92 Å². The monoisotopic (exact) mass is 251 g/mol. The molecule has 1 N–H and O–H groups in total. The van der Waals surface area contributed by atoms with Crippen molar-refractivity contribution in [1.82, 2.24) is 4.98 Å². The molecule has 1 amide bonds. The largest absolute Gasteiger partial charge is 0.310 e. The molecule has 0 aliphatic carbocycles. The summed E-state index contributed by atoms with van der Waals surface area (Å²) in [6.07, 6.45) is 2.66. The van der Waals surface area contributed by atoms with Gasteiger partial charge < -0.3 is 5.32 Å². The number of nitro groups is 1. The SMILES string of the molecule is CCC(CC)C(=O)Nc1ncc([N+](=O)[O-])cc1C. The fourth-order valence-corrected chi connectivity index (χ4v) is 1.67. The first kappa shape index (κ1) is 14.1. The van der Waals surface area contributed by atoms with Crippen LogP contribution in [-0.2, 0) is 4.79 Å². The van der Waals surface area contributed by atoms with Crippen LogP contribution >= 0.6 is 0 Å². The molecule has 0 aliphatic rings. The Morgan fingerprint density at radius 3 is 2.56 bits per heavy atom. The van der Waals surface area contributed by atoms with Crippen molar-refractivity contribution in [2.45, 2.75) is 33.6 Å². The van der Waals surface area contributed by atoms with E-state index >= 15 is 0 Å². The predicted molar refractivity (Wildman–Crippen MR) is 68.3 cm³/mol. The molecule has 1 rings (SSSR count). The smallest absolute Gasteiger partial charge is 0.287 e. The van der Waals surface area contributed by atoms with E-state index in [4.69, 9.17) is 0 Å². The van der Waals surface area contributed by atoms with Crippen molar-refractivity contribution in [1.29, 1.82) is 0 Å². The summed E-state index contributed by atoms with van der Waals surface area (Å²) in [6, 6.07) is 1.40. The van der Waals surface area contributed by atoms with Crippen molar-refractivity contribution < 1.29 is 9.72 Å². The first-order chi connectivity index (χ1) is 8.49. The van der Waals surface area contributed by atoms with E-state index in [1.54, 1.807) is 6.92 Å². The molecule has 0 saturated heterocycles. The summed E-state index contributed by atoms with van der Waals surface area (Å²) in [5.74, 6) is 0.239. The number of aryl methyl sites for hydroxylation is 1. The number of carbonyl (C=O) groups excluding carboxylic acids is 1. The van der Waals surface area contributed by atoms with Crippen LogP contribution in [-0.4, -0.2) is 15.8 Å². The van der Waals surface area contributed by atoms with Crippen LogP contribution in [0.25, 0.3) is 0 Å². The number of rotatable bonds is 5. The number of carbonyl (C=O) groups is 1. The minimum absolute atomic E-state index is 0.0543. The second-order valence-electron chi connectivity index (χ2n) is 4.12. The summed E-state index contributed by atoms with van der Waals surface area (Å²) in [6.45, 7) is 5.58. The zero-order valence-electron chi connectivity index (χ0n) is 10.8. The van der Waals surface area contributed by atoms with Gasteiger partial charge in [-0.25, -0.2) is 4.98 Å². The fourth-order valence-electron chi connectivity index (χ4n) is 1.67. The molecule has 1 aromatic rings. The van der Waals surface area contributed by atoms with Gasteiger partial charge in [-0.2, -0.15) is 0 Å². The Balaban J connectivity index is 2.86. The summed E-state index contributed by atoms with van der Waals surface area (Å²) in [5, 5.41) is 13.3. The third kappa shape index (κ3) is 3.26. The molecule has 0 saturated carbocycles. The van der Waals surface area contributed by atoms with Gasteiger partial charge in [0.25, 0.3) is 5.69 Å². The topological polar surface area (TPSA) is 85.1 Å². The Bertz CT molecular complexity index is 456. The number of pyridine rings is 1. The van der Waals surface area contributed by atoms with E-state index in [-0.39, 0.29) is 17.5 Å². The molecule has 0 atom stereocenters. The molecule has 0 fully saturated rings. The molecule has 98 valence electrons. The number of hydrogen-bond donors (Lipinski definition) is 1. The molecular formula is C12H17N3O3. The van der Waals surface area contributed by atoms with Gasteiger partial charge in [0.2, 0.25) is 5.91 Å². The van der Waals surface area contributed by atoms with Crippen LogP contribution in [0.3, 0.4) is 0 Å². The van der Waals surface area contributed by atoms with Gasteiger partial charge in [0, 0.05) is 12.0 Å². The lowest BCUT2D eigenvalue weighted by molar-refractivity contribution is -0.385. The van der Waals surface area contributed by atoms with Crippen LogP contribution in [0.5, 0.6) is 0 Å². The lowest BCUT2D eigenvalue weighted by Gasteiger charge is -2.13. The highest BCUT2D eigenvalue weighted by molar-refractivity contribution is 5.92. The van der Waals surface area contributed by atoms with Gasteiger partial charge in [0.15, 0.2) is 0 Å². The number of hydrogen-bond acceptors (Lipinski definition) is 4. The third-order valence-electron chi connectivity index (χ3n) is 2.87. The molecule has 0 aromatic carbocycles. The highest BCUT2D eigenvalue weighted by Gasteiger charge is 2.16. The van der Waals surface area contributed by atoms with Crippen LogP contribution in [0.4, 0.5) is 11.5 Å². The molecule has 0 unspecified atom stereocenters. The number of nitrogens with zero attached hydrogens (tertiary/aromatic N) is 2. The van der Waals surface area contributed by atoms with Gasteiger partial charge in [-0.3, -0.25) is 14.9 Å². The quantitative estimate of drug-likeness (QED) is 0.644. The van der Waals surface area contributed by atoms with E-state index in [0.717, 1.165) is 19.0 Å². The normalized spacial score (nSPS) is 10.4. The van der Waals surface area contributed by atoms with Crippen LogP contribution in [0.1, 0.15) is 32.3 Å². The summed E-state index contributed by atoms with van der Waals surface area (Å²) in [5.41, 5.74) is 0.511. The zero-order valence-corrected chi connectivity index (χ0v) is 10.8. The molecule has 0 aliphatic heterocycles. The van der Waals surface area contributed by atoms with E-state index in [1.165, 1.54) is 6.07 Å². The lowest BCUT2D eigenvalue weighted by atomic mass is 10.0. The Hall–Kier alpha value is -1.98. The maximum Gasteiger partial charge on any atom is 0.287 e. The van der Waals surface area contributed by atoms with Crippen molar-refractivity contribution in [3.05, 3.63) is 27.9 Å². The molecule has 0 spiro atoms. The lowest BCUT2D eigenvalue weighted by Crippen LogP contribution is -2.22. The van der Waals surface area contributed by atoms with E-state index < -0.39 is 4.92 Å². The molecule has 6 heteroatoms. The minimum Gasteiger partial charge on any atom is -0.310 e. The van der Waals surface area contributed by atoms with Crippen molar-refractivity contribution in [3.8, 4) is 0 Å².